The summed E-state index contributed by atoms with van der Waals surface area (Å²) in [6.45, 7) is 1.67. The van der Waals surface area contributed by atoms with E-state index >= 15 is 0 Å². The third kappa shape index (κ3) is 5.87. The fraction of sp³-hybridized carbons (Fsp3) is 0.455. The van der Waals surface area contributed by atoms with Gasteiger partial charge < -0.3 is 14.2 Å². The molecule has 0 saturated carbocycles. The molecule has 1 fully saturated rings. The molecule has 2 atom stereocenters. The van der Waals surface area contributed by atoms with Crippen LogP contribution in [0, 0.1) is 29.2 Å². The molecular formula is C22H20F8O3. The van der Waals surface area contributed by atoms with Crippen LogP contribution in [0.5, 0.6) is 11.5 Å². The second-order valence-corrected chi connectivity index (χ2v) is 7.64. The van der Waals surface area contributed by atoms with Crippen molar-refractivity contribution < 1.29 is 49.3 Å². The van der Waals surface area contributed by atoms with Gasteiger partial charge in [-0.1, -0.05) is 13.3 Å². The smallest absolute Gasteiger partial charge is 0.429 e. The van der Waals surface area contributed by atoms with Gasteiger partial charge in [0.2, 0.25) is 0 Å². The van der Waals surface area contributed by atoms with Gasteiger partial charge in [-0.3, -0.25) is 0 Å². The van der Waals surface area contributed by atoms with Gasteiger partial charge in [-0.05, 0) is 31.4 Å². The molecule has 33 heavy (non-hydrogen) atoms. The van der Waals surface area contributed by atoms with Gasteiger partial charge >= 0.3 is 12.2 Å². The molecule has 2 aromatic carbocycles. The summed E-state index contributed by atoms with van der Waals surface area (Å²) in [5, 5.41) is 0. The van der Waals surface area contributed by atoms with E-state index < -0.39 is 58.5 Å². The van der Waals surface area contributed by atoms with Crippen LogP contribution < -0.4 is 9.47 Å². The average molecular weight is 484 g/mol. The molecule has 3 rings (SSSR count). The lowest BCUT2D eigenvalue weighted by atomic mass is 9.95. The molecule has 0 amide bonds. The first-order valence-corrected chi connectivity index (χ1v) is 10.1. The van der Waals surface area contributed by atoms with Crippen molar-refractivity contribution in [3.8, 4) is 11.5 Å². The lowest BCUT2D eigenvalue weighted by Gasteiger charge is -2.33. The minimum Gasteiger partial charge on any atom is -0.432 e. The molecule has 0 aliphatic carbocycles. The van der Waals surface area contributed by atoms with Crippen molar-refractivity contribution in [3.63, 3.8) is 0 Å². The minimum absolute atomic E-state index is 0.106. The molecule has 1 heterocycles. The first-order valence-electron chi connectivity index (χ1n) is 10.1. The SMILES string of the molecule is CCCC1CCC(C(F)(F)Oc2ccc(C(F)(F)Oc3cc(F)c(F)c(F)c3)c(F)c2)CO1. The van der Waals surface area contributed by atoms with Gasteiger partial charge in [0.25, 0.3) is 0 Å². The summed E-state index contributed by atoms with van der Waals surface area (Å²) in [5.41, 5.74) is -1.41. The maximum absolute atomic E-state index is 14.5. The largest absolute Gasteiger partial charge is 0.432 e. The Kier molecular flexibility index (Phi) is 7.40. The van der Waals surface area contributed by atoms with Crippen LogP contribution in [-0.2, 0) is 10.8 Å². The molecule has 182 valence electrons. The highest BCUT2D eigenvalue weighted by Gasteiger charge is 2.45. The van der Waals surface area contributed by atoms with E-state index in [4.69, 9.17) is 4.74 Å². The van der Waals surface area contributed by atoms with Gasteiger partial charge in [-0.15, -0.1) is 0 Å². The van der Waals surface area contributed by atoms with Crippen molar-refractivity contribution >= 4 is 0 Å². The van der Waals surface area contributed by atoms with Crippen LogP contribution in [0.25, 0.3) is 0 Å². The first kappa shape index (κ1) is 25.1. The first-order chi connectivity index (χ1) is 15.4. The second-order valence-electron chi connectivity index (χ2n) is 7.64. The fourth-order valence-corrected chi connectivity index (χ4v) is 3.45. The normalized spacial score (nSPS) is 19.4. The molecule has 2 aromatic rings. The van der Waals surface area contributed by atoms with Gasteiger partial charge in [0, 0.05) is 18.2 Å². The topological polar surface area (TPSA) is 27.7 Å². The van der Waals surface area contributed by atoms with Crippen LogP contribution in [0.2, 0.25) is 0 Å². The zero-order chi connectivity index (χ0) is 24.4. The number of hydrogen-bond acceptors (Lipinski definition) is 3. The van der Waals surface area contributed by atoms with Gasteiger partial charge in [-0.25, -0.2) is 17.6 Å². The Morgan fingerprint density at radius 1 is 0.879 bits per heavy atom. The van der Waals surface area contributed by atoms with Crippen molar-refractivity contribution in [1.29, 1.82) is 0 Å². The molecule has 2 unspecified atom stereocenters. The fourth-order valence-electron chi connectivity index (χ4n) is 3.45. The summed E-state index contributed by atoms with van der Waals surface area (Å²) in [7, 11) is 0. The van der Waals surface area contributed by atoms with Crippen molar-refractivity contribution in [2.75, 3.05) is 6.61 Å². The van der Waals surface area contributed by atoms with Crippen LogP contribution in [0.3, 0.4) is 0 Å². The zero-order valence-electron chi connectivity index (χ0n) is 17.3. The van der Waals surface area contributed by atoms with E-state index in [1.807, 2.05) is 6.92 Å². The van der Waals surface area contributed by atoms with Gasteiger partial charge in [0.05, 0.1) is 18.6 Å². The summed E-state index contributed by atoms with van der Waals surface area (Å²) >= 11 is 0. The number of rotatable bonds is 8. The highest BCUT2D eigenvalue weighted by Crippen LogP contribution is 2.39. The highest BCUT2D eigenvalue weighted by molar-refractivity contribution is 5.32. The molecule has 1 aliphatic heterocycles. The Morgan fingerprint density at radius 2 is 1.52 bits per heavy atom. The third-order valence-electron chi connectivity index (χ3n) is 5.17. The molecular weight excluding hydrogens is 464 g/mol. The van der Waals surface area contributed by atoms with Crippen LogP contribution in [0.4, 0.5) is 35.1 Å². The maximum Gasteiger partial charge on any atom is 0.429 e. The third-order valence-corrected chi connectivity index (χ3v) is 5.17. The lowest BCUT2D eigenvalue weighted by Crippen LogP contribution is -2.41. The second kappa shape index (κ2) is 9.74. The van der Waals surface area contributed by atoms with E-state index in [0.717, 1.165) is 12.8 Å². The quantitative estimate of drug-likeness (QED) is 0.300. The number of benzene rings is 2. The monoisotopic (exact) mass is 484 g/mol. The van der Waals surface area contributed by atoms with E-state index in [2.05, 4.69) is 9.47 Å². The highest BCUT2D eigenvalue weighted by atomic mass is 19.3. The predicted molar refractivity (Wildman–Crippen MR) is 100 cm³/mol. The average Bonchev–Trinajstić information content (AvgIpc) is 2.72. The molecule has 1 aliphatic rings. The zero-order valence-corrected chi connectivity index (χ0v) is 17.3. The predicted octanol–water partition coefficient (Wildman–Crippen LogP) is 6.94. The van der Waals surface area contributed by atoms with Gasteiger partial charge in [0.1, 0.15) is 22.9 Å². The molecule has 1 saturated heterocycles. The maximum atomic E-state index is 14.5. The summed E-state index contributed by atoms with van der Waals surface area (Å²) in [5.74, 6) is -10.3. The molecule has 0 radical (unpaired) electrons. The van der Waals surface area contributed by atoms with Crippen molar-refractivity contribution in [3.05, 3.63) is 59.2 Å². The summed E-state index contributed by atoms with van der Waals surface area (Å²) in [6, 6.07) is 1.74. The van der Waals surface area contributed by atoms with E-state index in [1.54, 1.807) is 0 Å². The number of halogens is 8. The molecule has 11 heteroatoms. The molecule has 0 aromatic heterocycles. The van der Waals surface area contributed by atoms with Gasteiger partial charge in [-0.2, -0.15) is 17.6 Å². The summed E-state index contributed by atoms with van der Waals surface area (Å²) in [4.78, 5) is 0. The molecule has 0 N–H and O–H groups in total. The summed E-state index contributed by atoms with van der Waals surface area (Å²) in [6.07, 6.45) is -6.25. The van der Waals surface area contributed by atoms with Crippen LogP contribution in [0.15, 0.2) is 30.3 Å². The molecule has 0 spiro atoms. The van der Waals surface area contributed by atoms with E-state index in [1.165, 1.54) is 0 Å². The number of hydrogen-bond donors (Lipinski definition) is 0. The Morgan fingerprint density at radius 3 is 2.06 bits per heavy atom. The van der Waals surface area contributed by atoms with Crippen LogP contribution in [0.1, 0.15) is 38.2 Å². The molecule has 3 nitrogen and oxygen atoms in total. The van der Waals surface area contributed by atoms with Crippen molar-refractivity contribution in [1.82, 2.24) is 0 Å². The number of alkyl halides is 4. The van der Waals surface area contributed by atoms with Crippen LogP contribution >= 0.6 is 0 Å². The Balaban J connectivity index is 1.71. The number of ether oxygens (including phenoxy) is 3. The Hall–Kier alpha value is -2.56. The van der Waals surface area contributed by atoms with Gasteiger partial charge in [0.15, 0.2) is 17.5 Å². The lowest BCUT2D eigenvalue weighted by molar-refractivity contribution is -0.241. The van der Waals surface area contributed by atoms with Crippen molar-refractivity contribution in [2.24, 2.45) is 5.92 Å². The van der Waals surface area contributed by atoms with Crippen LogP contribution in [-0.4, -0.2) is 18.8 Å². The standard InChI is InChI=1S/C22H20F8O3/c1-2-3-13-5-4-12(11-31-13)21(27,28)32-14-6-7-16(17(23)8-14)22(29,30)33-15-9-18(24)20(26)19(25)10-15/h6-10,12-13H,2-5,11H2,1H3. The van der Waals surface area contributed by atoms with E-state index in [0.29, 0.717) is 24.6 Å². The van der Waals surface area contributed by atoms with E-state index in [9.17, 15) is 35.1 Å². The van der Waals surface area contributed by atoms with E-state index in [-0.39, 0.29) is 31.3 Å². The Bertz CT molecular complexity index is 951. The minimum atomic E-state index is -4.46. The summed E-state index contributed by atoms with van der Waals surface area (Å²) < 4.78 is 125. The Labute approximate surface area is 184 Å². The molecule has 0 bridgehead atoms. The van der Waals surface area contributed by atoms with Crippen molar-refractivity contribution in [2.45, 2.75) is 50.9 Å².